The molecule has 2 aliphatic heterocycles. The minimum Gasteiger partial charge on any atom is -0.457 e. The van der Waals surface area contributed by atoms with Crippen LogP contribution >= 0.6 is 0 Å². The molecule has 1 aromatic carbocycles. The molecule has 6 heteroatoms. The maximum atomic E-state index is 13.7. The molecule has 2 aliphatic carbocycles. The summed E-state index contributed by atoms with van der Waals surface area (Å²) in [5.41, 5.74) is 2.96. The molecular formula is C29H40O6. The van der Waals surface area contributed by atoms with Crippen molar-refractivity contribution in [3.63, 3.8) is 0 Å². The number of rotatable bonds is 5. The number of aryl methyl sites for hydroxylation is 1. The van der Waals surface area contributed by atoms with Crippen molar-refractivity contribution < 1.29 is 28.9 Å². The lowest BCUT2D eigenvalue weighted by molar-refractivity contribution is -0.259. The zero-order valence-corrected chi connectivity index (χ0v) is 21.8. The first-order valence-electron chi connectivity index (χ1n) is 13.4. The third-order valence-electron chi connectivity index (χ3n) is 9.83. The van der Waals surface area contributed by atoms with Crippen LogP contribution in [0.15, 0.2) is 12.1 Å². The van der Waals surface area contributed by atoms with Crippen molar-refractivity contribution in [2.45, 2.75) is 103 Å². The Kier molecular flexibility index (Phi) is 6.28. The molecule has 1 saturated carbocycles. The van der Waals surface area contributed by atoms with Gasteiger partial charge in [0.25, 0.3) is 0 Å². The molecule has 0 spiro atoms. The highest BCUT2D eigenvalue weighted by Gasteiger charge is 2.72. The van der Waals surface area contributed by atoms with Gasteiger partial charge >= 0.3 is 11.9 Å². The Bertz CT molecular complexity index is 1020. The van der Waals surface area contributed by atoms with Crippen LogP contribution in [0.25, 0.3) is 0 Å². The third-order valence-corrected chi connectivity index (χ3v) is 9.83. The second-order valence-electron chi connectivity index (χ2n) is 11.9. The first kappa shape index (κ1) is 24.8. The van der Waals surface area contributed by atoms with Gasteiger partial charge in [0.05, 0.1) is 5.56 Å². The minimum atomic E-state index is -0.743. The fourth-order valence-corrected chi connectivity index (χ4v) is 7.85. The SMILES string of the molecule is Cc1c(C(=O)O[C@H]2[C@@H]3[C@H](C)CC[C@H]3C3(C)O[C@@]2(C(C)C)C[C@H]3OC(=O)CO)ccc2c1CCCC2. The van der Waals surface area contributed by atoms with Crippen LogP contribution < -0.4 is 0 Å². The molecule has 5 rings (SSSR count). The number of esters is 2. The predicted octanol–water partition coefficient (Wildman–Crippen LogP) is 4.55. The van der Waals surface area contributed by atoms with Gasteiger partial charge in [0.2, 0.25) is 0 Å². The fourth-order valence-electron chi connectivity index (χ4n) is 7.85. The highest BCUT2D eigenvalue weighted by molar-refractivity contribution is 5.92. The molecule has 1 aromatic rings. The van der Waals surface area contributed by atoms with Crippen molar-refractivity contribution in [1.29, 1.82) is 0 Å². The second-order valence-corrected chi connectivity index (χ2v) is 11.9. The summed E-state index contributed by atoms with van der Waals surface area (Å²) in [5.74, 6) is -0.234. The molecule has 4 aliphatic rings. The van der Waals surface area contributed by atoms with E-state index in [0.29, 0.717) is 17.9 Å². The van der Waals surface area contributed by atoms with E-state index in [-0.39, 0.29) is 23.7 Å². The van der Waals surface area contributed by atoms with E-state index >= 15 is 0 Å². The number of carbonyl (C=O) groups excluding carboxylic acids is 2. The van der Waals surface area contributed by atoms with E-state index in [1.807, 2.05) is 19.9 Å². The standard InChI is InChI=1S/C29H40O6/c1-16(2)29-14-23(33-24(31)15-30)28(5,35-29)22-13-10-17(3)25(22)26(29)34-27(32)21-12-11-19-8-6-7-9-20(19)18(21)4/h11-12,16-17,22-23,25-26,30H,6-10,13-15H2,1-5H3/t17-,22-,23-,25-,26+,28?,29-/m1/s1. The highest BCUT2D eigenvalue weighted by Crippen LogP contribution is 2.63. The number of carbonyl (C=O) groups is 2. The van der Waals surface area contributed by atoms with Gasteiger partial charge in [0, 0.05) is 12.3 Å². The van der Waals surface area contributed by atoms with E-state index in [1.54, 1.807) is 0 Å². The zero-order valence-electron chi connectivity index (χ0n) is 21.8. The van der Waals surface area contributed by atoms with Crippen LogP contribution in [0.4, 0.5) is 0 Å². The van der Waals surface area contributed by atoms with Crippen molar-refractivity contribution >= 4 is 11.9 Å². The van der Waals surface area contributed by atoms with Gasteiger partial charge in [-0.05, 0) is 92.9 Å². The van der Waals surface area contributed by atoms with E-state index in [9.17, 15) is 14.7 Å². The first-order valence-corrected chi connectivity index (χ1v) is 13.4. The van der Waals surface area contributed by atoms with E-state index in [4.69, 9.17) is 14.2 Å². The normalized spacial score (nSPS) is 37.6. The molecule has 35 heavy (non-hydrogen) atoms. The predicted molar refractivity (Wildman–Crippen MR) is 131 cm³/mol. The molecular weight excluding hydrogens is 444 g/mol. The average Bonchev–Trinajstić information content (AvgIpc) is 3.35. The van der Waals surface area contributed by atoms with Gasteiger partial charge in [-0.3, -0.25) is 0 Å². The summed E-state index contributed by atoms with van der Waals surface area (Å²) < 4.78 is 19.1. The summed E-state index contributed by atoms with van der Waals surface area (Å²) in [7, 11) is 0. The first-order chi connectivity index (χ1) is 16.6. The van der Waals surface area contributed by atoms with E-state index in [0.717, 1.165) is 37.7 Å². The summed E-state index contributed by atoms with van der Waals surface area (Å²) in [6.45, 7) is 9.89. The number of aliphatic hydroxyl groups is 1. The molecule has 2 bridgehead atoms. The lowest BCUT2D eigenvalue weighted by Gasteiger charge is -2.53. The van der Waals surface area contributed by atoms with Crippen molar-refractivity contribution in [3.8, 4) is 0 Å². The highest BCUT2D eigenvalue weighted by atomic mass is 16.6. The third kappa shape index (κ3) is 3.74. The van der Waals surface area contributed by atoms with E-state index < -0.39 is 36.0 Å². The minimum absolute atomic E-state index is 0.0517. The summed E-state index contributed by atoms with van der Waals surface area (Å²) in [5, 5.41) is 9.34. The van der Waals surface area contributed by atoms with Gasteiger partial charge in [0.1, 0.15) is 30.0 Å². The van der Waals surface area contributed by atoms with Crippen LogP contribution in [-0.2, 0) is 31.8 Å². The van der Waals surface area contributed by atoms with Gasteiger partial charge in [-0.25, -0.2) is 9.59 Å². The lowest BCUT2D eigenvalue weighted by Crippen LogP contribution is -2.62. The molecule has 3 fully saturated rings. The smallest absolute Gasteiger partial charge is 0.338 e. The largest absolute Gasteiger partial charge is 0.457 e. The number of ether oxygens (including phenoxy) is 3. The van der Waals surface area contributed by atoms with Gasteiger partial charge in [-0.2, -0.15) is 0 Å². The van der Waals surface area contributed by atoms with Crippen molar-refractivity contribution in [2.24, 2.45) is 23.7 Å². The number of aliphatic hydroxyl groups excluding tert-OH is 1. The maximum absolute atomic E-state index is 13.7. The lowest BCUT2D eigenvalue weighted by atomic mass is 9.69. The summed E-state index contributed by atoms with van der Waals surface area (Å²) in [4.78, 5) is 25.9. The number of hydrogen-bond donors (Lipinski definition) is 1. The maximum Gasteiger partial charge on any atom is 0.338 e. The van der Waals surface area contributed by atoms with Crippen molar-refractivity contribution in [1.82, 2.24) is 0 Å². The van der Waals surface area contributed by atoms with Crippen LogP contribution in [0.3, 0.4) is 0 Å². The van der Waals surface area contributed by atoms with Crippen LogP contribution in [0, 0.1) is 30.6 Å². The average molecular weight is 485 g/mol. The second kappa shape index (κ2) is 8.88. The molecule has 1 N–H and O–H groups in total. The van der Waals surface area contributed by atoms with Gasteiger partial charge < -0.3 is 19.3 Å². The fraction of sp³-hybridized carbons (Fsp3) is 0.724. The number of fused-ring (bicyclic) bond motifs is 5. The summed E-state index contributed by atoms with van der Waals surface area (Å²) in [6.07, 6.45) is 5.99. The molecule has 0 amide bonds. The zero-order chi connectivity index (χ0) is 25.1. The molecule has 1 unspecified atom stereocenters. The Morgan fingerprint density at radius 3 is 2.63 bits per heavy atom. The van der Waals surface area contributed by atoms with Crippen LogP contribution in [0.5, 0.6) is 0 Å². The van der Waals surface area contributed by atoms with E-state index in [1.165, 1.54) is 17.5 Å². The van der Waals surface area contributed by atoms with Crippen LogP contribution in [-0.4, -0.2) is 47.1 Å². The van der Waals surface area contributed by atoms with Crippen molar-refractivity contribution in [2.75, 3.05) is 6.61 Å². The molecule has 0 radical (unpaired) electrons. The Hall–Kier alpha value is -1.92. The molecule has 192 valence electrons. The molecule has 7 atom stereocenters. The summed E-state index contributed by atoms with van der Waals surface area (Å²) >= 11 is 0. The number of benzene rings is 1. The van der Waals surface area contributed by atoms with Crippen LogP contribution in [0.2, 0.25) is 0 Å². The Morgan fingerprint density at radius 1 is 1.17 bits per heavy atom. The van der Waals surface area contributed by atoms with Gasteiger partial charge in [-0.15, -0.1) is 0 Å². The molecule has 6 nitrogen and oxygen atoms in total. The van der Waals surface area contributed by atoms with E-state index in [2.05, 4.69) is 26.8 Å². The molecule has 0 aromatic heterocycles. The Balaban J connectivity index is 1.52. The Morgan fingerprint density at radius 2 is 1.91 bits per heavy atom. The Labute approximate surface area is 208 Å². The molecule has 2 saturated heterocycles. The van der Waals surface area contributed by atoms with Crippen LogP contribution in [0.1, 0.15) is 86.8 Å². The van der Waals surface area contributed by atoms with Gasteiger partial charge in [-0.1, -0.05) is 26.8 Å². The monoisotopic (exact) mass is 484 g/mol. The molecule has 2 heterocycles. The quantitative estimate of drug-likeness (QED) is 0.618. The van der Waals surface area contributed by atoms with Crippen molar-refractivity contribution in [3.05, 3.63) is 34.4 Å². The summed E-state index contributed by atoms with van der Waals surface area (Å²) in [6, 6.07) is 4.04. The van der Waals surface area contributed by atoms with Gasteiger partial charge in [0.15, 0.2) is 0 Å². The topological polar surface area (TPSA) is 82.1 Å². The number of hydrogen-bond acceptors (Lipinski definition) is 6.